The summed E-state index contributed by atoms with van der Waals surface area (Å²) >= 11 is 0. The Morgan fingerprint density at radius 1 is 1.08 bits per heavy atom. The van der Waals surface area contributed by atoms with Gasteiger partial charge in [0.05, 0.1) is 0 Å². The number of carbonyl (C=O) groups excluding carboxylic acids is 1. The fourth-order valence-electron chi connectivity index (χ4n) is 1.14. The largest absolute Gasteiger partial charge is 0.354 e. The lowest BCUT2D eigenvalue weighted by Crippen LogP contribution is -2.34. The normalized spacial score (nSPS) is 13.5. The van der Waals surface area contributed by atoms with Crippen molar-refractivity contribution in [2.45, 2.75) is 53.5 Å². The van der Waals surface area contributed by atoms with Crippen LogP contribution in [-0.4, -0.2) is 11.9 Å². The van der Waals surface area contributed by atoms with Crippen LogP contribution >= 0.6 is 0 Å². The first-order valence-electron chi connectivity index (χ1n) is 5.23. The van der Waals surface area contributed by atoms with Crippen LogP contribution in [0.1, 0.15) is 47.5 Å². The molecule has 0 aromatic rings. The van der Waals surface area contributed by atoms with Gasteiger partial charge in [0.25, 0.3) is 0 Å². The Morgan fingerprint density at radius 3 is 2.00 bits per heavy atom. The molecule has 0 spiro atoms. The zero-order valence-electron chi connectivity index (χ0n) is 9.55. The first-order valence-corrected chi connectivity index (χ1v) is 5.23. The zero-order chi connectivity index (χ0) is 10.4. The van der Waals surface area contributed by atoms with Gasteiger partial charge in [0.15, 0.2) is 0 Å². The van der Waals surface area contributed by atoms with Gasteiger partial charge in [-0.2, -0.15) is 0 Å². The van der Waals surface area contributed by atoms with Gasteiger partial charge < -0.3 is 5.32 Å². The summed E-state index contributed by atoms with van der Waals surface area (Å²) in [6.07, 6.45) is 2.13. The number of amides is 1. The molecule has 0 aromatic heterocycles. The van der Waals surface area contributed by atoms with Crippen molar-refractivity contribution < 1.29 is 4.79 Å². The molecule has 0 fully saturated rings. The lowest BCUT2D eigenvalue weighted by atomic mass is 9.98. The van der Waals surface area contributed by atoms with Crippen LogP contribution in [0.5, 0.6) is 0 Å². The van der Waals surface area contributed by atoms with E-state index in [9.17, 15) is 4.79 Å². The highest BCUT2D eigenvalue weighted by atomic mass is 16.1. The standard InChI is InChI=1S/C11H23NO/c1-8(2)6-7-10(5)11(13)12-9(3)4/h8-10H,6-7H2,1-5H3,(H,12,13). The van der Waals surface area contributed by atoms with E-state index in [1.165, 1.54) is 0 Å². The first kappa shape index (κ1) is 12.5. The Kier molecular flexibility index (Phi) is 5.76. The van der Waals surface area contributed by atoms with Crippen LogP contribution < -0.4 is 5.32 Å². The van der Waals surface area contributed by atoms with Gasteiger partial charge in [0, 0.05) is 12.0 Å². The fraction of sp³-hybridized carbons (Fsp3) is 0.909. The Morgan fingerprint density at radius 2 is 1.62 bits per heavy atom. The smallest absolute Gasteiger partial charge is 0.223 e. The fourth-order valence-corrected chi connectivity index (χ4v) is 1.14. The maximum absolute atomic E-state index is 11.5. The van der Waals surface area contributed by atoms with Crippen molar-refractivity contribution in [2.24, 2.45) is 11.8 Å². The molecule has 1 unspecified atom stereocenters. The summed E-state index contributed by atoms with van der Waals surface area (Å²) in [6, 6.07) is 0.258. The number of hydrogen-bond acceptors (Lipinski definition) is 1. The molecule has 0 aromatic carbocycles. The van der Waals surface area contributed by atoms with Crippen molar-refractivity contribution in [3.05, 3.63) is 0 Å². The van der Waals surface area contributed by atoms with Gasteiger partial charge in [0.2, 0.25) is 5.91 Å². The molecule has 0 aliphatic heterocycles. The lowest BCUT2D eigenvalue weighted by Gasteiger charge is -2.15. The molecule has 13 heavy (non-hydrogen) atoms. The second-order valence-electron chi connectivity index (χ2n) is 4.54. The van der Waals surface area contributed by atoms with Crippen molar-refractivity contribution in [3.8, 4) is 0 Å². The Bertz CT molecular complexity index is 152. The van der Waals surface area contributed by atoms with Gasteiger partial charge >= 0.3 is 0 Å². The van der Waals surface area contributed by atoms with Crippen molar-refractivity contribution in [2.75, 3.05) is 0 Å². The Hall–Kier alpha value is -0.530. The minimum atomic E-state index is 0.157. The number of rotatable bonds is 5. The van der Waals surface area contributed by atoms with Gasteiger partial charge in [-0.15, -0.1) is 0 Å². The summed E-state index contributed by atoms with van der Waals surface area (Å²) in [5.41, 5.74) is 0. The van der Waals surface area contributed by atoms with E-state index in [0.29, 0.717) is 5.92 Å². The maximum Gasteiger partial charge on any atom is 0.223 e. The van der Waals surface area contributed by atoms with Crippen LogP contribution in [0.15, 0.2) is 0 Å². The van der Waals surface area contributed by atoms with E-state index in [0.717, 1.165) is 12.8 Å². The van der Waals surface area contributed by atoms with Gasteiger partial charge in [-0.05, 0) is 26.2 Å². The molecule has 2 nitrogen and oxygen atoms in total. The van der Waals surface area contributed by atoms with E-state index >= 15 is 0 Å². The molecule has 1 atom stereocenters. The molecule has 1 N–H and O–H groups in total. The van der Waals surface area contributed by atoms with Gasteiger partial charge in [-0.3, -0.25) is 4.79 Å². The van der Waals surface area contributed by atoms with E-state index in [1.54, 1.807) is 0 Å². The van der Waals surface area contributed by atoms with Gasteiger partial charge in [-0.1, -0.05) is 27.2 Å². The van der Waals surface area contributed by atoms with Crippen LogP contribution in [0.3, 0.4) is 0 Å². The van der Waals surface area contributed by atoms with E-state index in [1.807, 2.05) is 20.8 Å². The zero-order valence-corrected chi connectivity index (χ0v) is 9.55. The third-order valence-corrected chi connectivity index (χ3v) is 2.06. The highest BCUT2D eigenvalue weighted by Crippen LogP contribution is 2.11. The molecule has 0 saturated heterocycles. The molecule has 0 radical (unpaired) electrons. The molecular formula is C11H23NO. The first-order chi connectivity index (χ1) is 5.93. The summed E-state index contributed by atoms with van der Waals surface area (Å²) < 4.78 is 0. The summed E-state index contributed by atoms with van der Waals surface area (Å²) in [7, 11) is 0. The van der Waals surface area contributed by atoms with Gasteiger partial charge in [-0.25, -0.2) is 0 Å². The summed E-state index contributed by atoms with van der Waals surface area (Å²) in [5.74, 6) is 1.04. The van der Waals surface area contributed by atoms with Crippen LogP contribution in [0.25, 0.3) is 0 Å². The van der Waals surface area contributed by atoms with E-state index < -0.39 is 0 Å². The topological polar surface area (TPSA) is 29.1 Å². The monoisotopic (exact) mass is 185 g/mol. The molecule has 0 rings (SSSR count). The summed E-state index contributed by atoms with van der Waals surface area (Å²) in [4.78, 5) is 11.5. The second-order valence-corrected chi connectivity index (χ2v) is 4.54. The average molecular weight is 185 g/mol. The number of nitrogens with one attached hydrogen (secondary N) is 1. The average Bonchev–Trinajstić information content (AvgIpc) is 1.98. The predicted molar refractivity (Wildman–Crippen MR) is 56.5 cm³/mol. The third kappa shape index (κ3) is 6.62. The van der Waals surface area contributed by atoms with E-state index in [2.05, 4.69) is 19.2 Å². The molecule has 0 aliphatic carbocycles. The lowest BCUT2D eigenvalue weighted by molar-refractivity contribution is -0.125. The third-order valence-electron chi connectivity index (χ3n) is 2.06. The SMILES string of the molecule is CC(C)CCC(C)C(=O)NC(C)C. The van der Waals surface area contributed by atoms with E-state index in [-0.39, 0.29) is 17.9 Å². The summed E-state index contributed by atoms with van der Waals surface area (Å²) in [5, 5.41) is 2.93. The maximum atomic E-state index is 11.5. The summed E-state index contributed by atoms with van der Waals surface area (Å²) in [6.45, 7) is 10.4. The molecule has 0 aliphatic rings. The minimum Gasteiger partial charge on any atom is -0.354 e. The van der Waals surface area contributed by atoms with Crippen LogP contribution in [0, 0.1) is 11.8 Å². The van der Waals surface area contributed by atoms with Crippen LogP contribution in [-0.2, 0) is 4.79 Å². The van der Waals surface area contributed by atoms with Gasteiger partial charge in [0.1, 0.15) is 0 Å². The second kappa shape index (κ2) is 6.01. The van der Waals surface area contributed by atoms with Crippen LogP contribution in [0.4, 0.5) is 0 Å². The van der Waals surface area contributed by atoms with Crippen molar-refractivity contribution in [1.82, 2.24) is 5.32 Å². The Labute approximate surface area is 82.1 Å². The molecule has 78 valence electrons. The molecule has 0 heterocycles. The molecule has 0 saturated carbocycles. The molecule has 1 amide bonds. The van der Waals surface area contributed by atoms with E-state index in [4.69, 9.17) is 0 Å². The van der Waals surface area contributed by atoms with Crippen molar-refractivity contribution in [1.29, 1.82) is 0 Å². The highest BCUT2D eigenvalue weighted by molar-refractivity contribution is 5.78. The predicted octanol–water partition coefficient (Wildman–Crippen LogP) is 2.58. The number of carbonyl (C=O) groups is 1. The molecule has 0 bridgehead atoms. The minimum absolute atomic E-state index is 0.157. The number of hydrogen-bond donors (Lipinski definition) is 1. The van der Waals surface area contributed by atoms with Crippen LogP contribution in [0.2, 0.25) is 0 Å². The Balaban J connectivity index is 3.69. The molecular weight excluding hydrogens is 162 g/mol. The van der Waals surface area contributed by atoms with Crippen molar-refractivity contribution in [3.63, 3.8) is 0 Å². The quantitative estimate of drug-likeness (QED) is 0.701. The van der Waals surface area contributed by atoms with Crippen molar-refractivity contribution >= 4 is 5.91 Å². The molecule has 2 heteroatoms. The highest BCUT2D eigenvalue weighted by Gasteiger charge is 2.13.